The average molecular weight is 286 g/mol. The van der Waals surface area contributed by atoms with Crippen LogP contribution in [-0.4, -0.2) is 22.8 Å². The Bertz CT molecular complexity index is 549. The number of carbonyl (C=O) groups excluding carboxylic acids is 1. The smallest absolute Gasteiger partial charge is 0.183 e. The van der Waals surface area contributed by atoms with Crippen LogP contribution in [0.3, 0.4) is 0 Å². The zero-order chi connectivity index (χ0) is 13.0. The zero-order valence-corrected chi connectivity index (χ0v) is 10.8. The number of hydrogen-bond donors (Lipinski definition) is 0. The molecule has 18 heavy (non-hydrogen) atoms. The minimum Gasteiger partial charge on any atom is -0.344 e. The van der Waals surface area contributed by atoms with Crippen molar-refractivity contribution in [2.45, 2.75) is 6.54 Å². The van der Waals surface area contributed by atoms with Crippen LogP contribution in [0.5, 0.6) is 0 Å². The molecule has 0 saturated heterocycles. The van der Waals surface area contributed by atoms with E-state index in [1.165, 1.54) is 29.7 Å². The molecule has 0 amide bonds. The molecule has 0 radical (unpaired) electrons. The Morgan fingerprint density at radius 1 is 1.50 bits per heavy atom. The first-order chi connectivity index (χ1) is 8.69. The third-order valence-corrected chi connectivity index (χ3v) is 3.30. The Morgan fingerprint density at radius 3 is 2.94 bits per heavy atom. The van der Waals surface area contributed by atoms with Crippen molar-refractivity contribution >= 4 is 35.0 Å². The van der Waals surface area contributed by atoms with Gasteiger partial charge in [0, 0.05) is 23.3 Å². The molecule has 94 valence electrons. The van der Waals surface area contributed by atoms with Gasteiger partial charge < -0.3 is 9.69 Å². The maximum atomic E-state index is 13.1. The molecule has 0 aromatic carbocycles. The van der Waals surface area contributed by atoms with Gasteiger partial charge in [-0.25, -0.2) is 14.4 Å². The summed E-state index contributed by atoms with van der Waals surface area (Å²) in [6, 6.07) is 2.54. The van der Waals surface area contributed by atoms with E-state index < -0.39 is 5.82 Å². The summed E-state index contributed by atoms with van der Waals surface area (Å²) in [5.74, 6) is 0.0184. The van der Waals surface area contributed by atoms with Gasteiger partial charge >= 0.3 is 0 Å². The molecule has 0 atom stereocenters. The molecular weight excluding hydrogens is 277 g/mol. The molecule has 2 rings (SSSR count). The van der Waals surface area contributed by atoms with E-state index in [-0.39, 0.29) is 6.54 Å². The van der Waals surface area contributed by atoms with E-state index in [1.807, 2.05) is 0 Å². The van der Waals surface area contributed by atoms with Crippen LogP contribution in [0, 0.1) is 5.82 Å². The number of hydrogen-bond acceptors (Lipinski definition) is 5. The minimum atomic E-state index is -0.391. The van der Waals surface area contributed by atoms with Gasteiger partial charge in [0.05, 0.1) is 13.1 Å². The van der Waals surface area contributed by atoms with Crippen molar-refractivity contribution in [1.29, 1.82) is 0 Å². The number of carbonyl (C=O) groups is 1. The monoisotopic (exact) mass is 285 g/mol. The molecule has 2 heterocycles. The maximum Gasteiger partial charge on any atom is 0.183 e. The van der Waals surface area contributed by atoms with Gasteiger partial charge in [-0.2, -0.15) is 0 Å². The summed E-state index contributed by atoms with van der Waals surface area (Å²) in [4.78, 5) is 21.2. The van der Waals surface area contributed by atoms with Gasteiger partial charge in [0.2, 0.25) is 0 Å². The van der Waals surface area contributed by atoms with Crippen LogP contribution in [0.25, 0.3) is 0 Å². The van der Waals surface area contributed by atoms with Gasteiger partial charge in [-0.05, 0) is 6.07 Å². The molecule has 0 spiro atoms. The number of rotatable bonds is 5. The molecule has 7 heteroatoms. The highest BCUT2D eigenvalue weighted by Crippen LogP contribution is 2.21. The van der Waals surface area contributed by atoms with Crippen molar-refractivity contribution in [3.05, 3.63) is 39.7 Å². The lowest BCUT2D eigenvalue weighted by Crippen LogP contribution is -2.25. The summed E-state index contributed by atoms with van der Waals surface area (Å²) in [7, 11) is 0. The Balaban J connectivity index is 2.20. The van der Waals surface area contributed by atoms with E-state index >= 15 is 0 Å². The molecular formula is C11H9ClFN3OS. The van der Waals surface area contributed by atoms with Crippen LogP contribution in [-0.2, 0) is 11.3 Å². The number of nitrogens with zero attached hydrogens (tertiary/aromatic N) is 3. The van der Waals surface area contributed by atoms with Crippen LogP contribution in [0.15, 0.2) is 24.5 Å². The second kappa shape index (κ2) is 5.88. The Kier molecular flexibility index (Phi) is 4.22. The average Bonchev–Trinajstić information content (AvgIpc) is 2.74. The van der Waals surface area contributed by atoms with E-state index in [0.29, 0.717) is 16.8 Å². The highest BCUT2D eigenvalue weighted by molar-refractivity contribution is 7.15. The summed E-state index contributed by atoms with van der Waals surface area (Å²) in [6.45, 7) is 0.547. The normalized spacial score (nSPS) is 10.3. The Hall–Kier alpha value is -1.53. The standard InChI is InChI=1S/C11H9ClFN3OS/c12-11-15-6-9(18-11)7-16(3-4-17)10-5-8(13)1-2-14-10/h1-2,4-6H,3,7H2. The highest BCUT2D eigenvalue weighted by Gasteiger charge is 2.11. The van der Waals surface area contributed by atoms with Crippen LogP contribution in [0.2, 0.25) is 4.47 Å². The molecule has 0 fully saturated rings. The second-order valence-electron chi connectivity index (χ2n) is 3.46. The predicted molar refractivity (Wildman–Crippen MR) is 68.4 cm³/mol. The van der Waals surface area contributed by atoms with Gasteiger partial charge in [-0.1, -0.05) is 11.6 Å². The van der Waals surface area contributed by atoms with Crippen molar-refractivity contribution in [2.75, 3.05) is 11.4 Å². The lowest BCUT2D eigenvalue weighted by Gasteiger charge is -2.19. The minimum absolute atomic E-state index is 0.131. The van der Waals surface area contributed by atoms with Crippen molar-refractivity contribution < 1.29 is 9.18 Å². The molecule has 0 bridgehead atoms. The summed E-state index contributed by atoms with van der Waals surface area (Å²) >= 11 is 7.05. The van der Waals surface area contributed by atoms with Gasteiger partial charge in [0.1, 0.15) is 17.9 Å². The lowest BCUT2D eigenvalue weighted by atomic mass is 10.3. The molecule has 2 aromatic rings. The zero-order valence-electron chi connectivity index (χ0n) is 9.22. The molecule has 4 nitrogen and oxygen atoms in total. The molecule has 0 aliphatic heterocycles. The van der Waals surface area contributed by atoms with E-state index in [1.54, 1.807) is 11.1 Å². The summed E-state index contributed by atoms with van der Waals surface area (Å²) in [6.07, 6.45) is 3.74. The van der Waals surface area contributed by atoms with E-state index in [0.717, 1.165) is 11.2 Å². The van der Waals surface area contributed by atoms with Gasteiger partial charge in [-0.15, -0.1) is 11.3 Å². The summed E-state index contributed by atoms with van der Waals surface area (Å²) in [5, 5.41) is 0. The number of aromatic nitrogens is 2. The first-order valence-corrected chi connectivity index (χ1v) is 6.29. The first-order valence-electron chi connectivity index (χ1n) is 5.09. The van der Waals surface area contributed by atoms with Crippen LogP contribution in [0.4, 0.5) is 10.2 Å². The second-order valence-corrected chi connectivity index (χ2v) is 5.16. The van der Waals surface area contributed by atoms with Gasteiger partial charge in [0.25, 0.3) is 0 Å². The van der Waals surface area contributed by atoms with Crippen molar-refractivity contribution in [2.24, 2.45) is 0 Å². The topological polar surface area (TPSA) is 46.1 Å². The van der Waals surface area contributed by atoms with Crippen molar-refractivity contribution in [3.63, 3.8) is 0 Å². The fraction of sp³-hybridized carbons (Fsp3) is 0.182. The van der Waals surface area contributed by atoms with Gasteiger partial charge in [-0.3, -0.25) is 0 Å². The highest BCUT2D eigenvalue weighted by atomic mass is 35.5. The van der Waals surface area contributed by atoms with Gasteiger partial charge in [0.15, 0.2) is 4.47 Å². The molecule has 0 N–H and O–H groups in total. The number of pyridine rings is 1. The lowest BCUT2D eigenvalue weighted by molar-refractivity contribution is -0.106. The SMILES string of the molecule is O=CCN(Cc1cnc(Cl)s1)c1cc(F)ccn1. The predicted octanol–water partition coefficient (Wildman–Crippen LogP) is 2.54. The third-order valence-electron chi connectivity index (χ3n) is 2.20. The summed E-state index contributed by atoms with van der Waals surface area (Å²) in [5.41, 5.74) is 0. The Labute approximate surface area is 112 Å². The van der Waals surface area contributed by atoms with Crippen molar-refractivity contribution in [1.82, 2.24) is 9.97 Å². The van der Waals surface area contributed by atoms with E-state index in [2.05, 4.69) is 9.97 Å². The molecule has 0 unspecified atom stereocenters. The fourth-order valence-corrected chi connectivity index (χ4v) is 2.43. The third kappa shape index (κ3) is 3.24. The van der Waals surface area contributed by atoms with Crippen LogP contribution >= 0.6 is 22.9 Å². The van der Waals surface area contributed by atoms with Crippen molar-refractivity contribution in [3.8, 4) is 0 Å². The van der Waals surface area contributed by atoms with E-state index in [4.69, 9.17) is 11.6 Å². The number of anilines is 1. The largest absolute Gasteiger partial charge is 0.344 e. The van der Waals surface area contributed by atoms with E-state index in [9.17, 15) is 9.18 Å². The molecule has 0 aliphatic rings. The number of thiazole rings is 1. The van der Waals surface area contributed by atoms with Crippen LogP contribution in [0.1, 0.15) is 4.88 Å². The molecule has 0 aliphatic carbocycles. The summed E-state index contributed by atoms with van der Waals surface area (Å²) < 4.78 is 13.6. The quantitative estimate of drug-likeness (QED) is 0.792. The fourth-order valence-electron chi connectivity index (χ4n) is 1.44. The maximum absolute atomic E-state index is 13.1. The number of aldehydes is 1. The molecule has 2 aromatic heterocycles. The number of halogens is 2. The first kappa shape index (κ1) is 12.9. The Morgan fingerprint density at radius 2 is 2.33 bits per heavy atom. The molecule has 0 saturated carbocycles. The van der Waals surface area contributed by atoms with Crippen LogP contribution < -0.4 is 4.90 Å².